The van der Waals surface area contributed by atoms with Gasteiger partial charge in [0.05, 0.1) is 22.2 Å². The van der Waals surface area contributed by atoms with E-state index < -0.39 is 9.84 Å². The van der Waals surface area contributed by atoms with Crippen molar-refractivity contribution in [3.63, 3.8) is 0 Å². The van der Waals surface area contributed by atoms with E-state index in [-0.39, 0.29) is 11.5 Å². The van der Waals surface area contributed by atoms with Crippen molar-refractivity contribution in [1.29, 1.82) is 0 Å². The maximum Gasteiger partial charge on any atom is 0.156 e. The molecule has 2 rings (SSSR count). The monoisotopic (exact) mass is 309 g/mol. The molecule has 5 heteroatoms. The first-order valence-electron chi connectivity index (χ1n) is 6.76. The molecule has 0 aliphatic carbocycles. The fourth-order valence-corrected chi connectivity index (χ4v) is 4.19. The largest absolute Gasteiger partial charge is 0.245 e. The number of aryl methyl sites for hydroxylation is 2. The molecule has 0 radical (unpaired) electrons. The number of hydrogen-bond donors (Lipinski definition) is 0. The Morgan fingerprint density at radius 1 is 1.20 bits per heavy atom. The standard InChI is InChI=1S/C15H19NO2S2/c1-2-15-16-14(11-19-15)12-20(17,18)10-6-9-13-7-4-3-5-8-13/h3-5,7-8,11H,2,6,9-10,12H2,1H3. The van der Waals surface area contributed by atoms with E-state index in [4.69, 9.17) is 0 Å². The van der Waals surface area contributed by atoms with Crippen molar-refractivity contribution < 1.29 is 8.42 Å². The Hall–Kier alpha value is -1.20. The van der Waals surface area contributed by atoms with Gasteiger partial charge in [0, 0.05) is 5.38 Å². The minimum absolute atomic E-state index is 0.0677. The predicted molar refractivity (Wildman–Crippen MR) is 83.7 cm³/mol. The molecular weight excluding hydrogens is 290 g/mol. The lowest BCUT2D eigenvalue weighted by Crippen LogP contribution is -2.10. The summed E-state index contributed by atoms with van der Waals surface area (Å²) in [5.74, 6) is 0.291. The molecule has 2 aromatic rings. The number of benzene rings is 1. The molecule has 20 heavy (non-hydrogen) atoms. The van der Waals surface area contributed by atoms with Crippen molar-refractivity contribution in [3.05, 3.63) is 52.0 Å². The topological polar surface area (TPSA) is 47.0 Å². The minimum atomic E-state index is -3.06. The van der Waals surface area contributed by atoms with Gasteiger partial charge in [0.1, 0.15) is 0 Å². The molecule has 0 bridgehead atoms. The molecule has 0 amide bonds. The van der Waals surface area contributed by atoms with E-state index in [2.05, 4.69) is 4.98 Å². The molecule has 1 heterocycles. The summed E-state index contributed by atoms with van der Waals surface area (Å²) in [5, 5.41) is 2.85. The first-order valence-corrected chi connectivity index (χ1v) is 9.47. The zero-order valence-electron chi connectivity index (χ0n) is 11.6. The molecule has 0 spiro atoms. The van der Waals surface area contributed by atoms with Crippen LogP contribution in [0.1, 0.15) is 29.6 Å². The minimum Gasteiger partial charge on any atom is -0.245 e. The second-order valence-corrected chi connectivity index (χ2v) is 7.89. The molecule has 0 fully saturated rings. The van der Waals surface area contributed by atoms with Gasteiger partial charge in [0.25, 0.3) is 0 Å². The Kier molecular flexibility index (Phi) is 5.31. The van der Waals surface area contributed by atoms with E-state index in [0.29, 0.717) is 12.1 Å². The highest BCUT2D eigenvalue weighted by molar-refractivity contribution is 7.90. The fourth-order valence-electron chi connectivity index (χ4n) is 2.02. The van der Waals surface area contributed by atoms with Crippen LogP contribution in [-0.4, -0.2) is 19.2 Å². The van der Waals surface area contributed by atoms with Crippen LogP contribution in [-0.2, 0) is 28.4 Å². The van der Waals surface area contributed by atoms with Gasteiger partial charge in [-0.15, -0.1) is 11.3 Å². The average molecular weight is 309 g/mol. The third kappa shape index (κ3) is 4.72. The molecule has 0 saturated carbocycles. The lowest BCUT2D eigenvalue weighted by molar-refractivity contribution is 0.592. The van der Waals surface area contributed by atoms with Gasteiger partial charge >= 0.3 is 0 Å². The SMILES string of the molecule is CCc1nc(CS(=O)(=O)CCCc2ccccc2)cs1. The third-order valence-electron chi connectivity index (χ3n) is 3.03. The number of nitrogens with zero attached hydrogens (tertiary/aromatic N) is 1. The van der Waals surface area contributed by atoms with E-state index in [1.807, 2.05) is 42.6 Å². The zero-order valence-corrected chi connectivity index (χ0v) is 13.2. The summed E-state index contributed by atoms with van der Waals surface area (Å²) in [6.07, 6.45) is 2.33. The Labute approximate surface area is 124 Å². The van der Waals surface area contributed by atoms with Crippen LogP contribution in [0, 0.1) is 0 Å². The van der Waals surface area contributed by atoms with Crippen molar-refractivity contribution >= 4 is 21.2 Å². The number of aromatic nitrogens is 1. The molecule has 0 aliphatic heterocycles. The number of hydrogen-bond acceptors (Lipinski definition) is 4. The lowest BCUT2D eigenvalue weighted by atomic mass is 10.1. The van der Waals surface area contributed by atoms with Crippen LogP contribution in [0.25, 0.3) is 0 Å². The number of sulfone groups is 1. The van der Waals surface area contributed by atoms with Crippen molar-refractivity contribution in [2.75, 3.05) is 5.75 Å². The van der Waals surface area contributed by atoms with Gasteiger partial charge in [-0.2, -0.15) is 0 Å². The third-order valence-corrected chi connectivity index (χ3v) is 5.72. The van der Waals surface area contributed by atoms with Crippen molar-refractivity contribution in [3.8, 4) is 0 Å². The summed E-state index contributed by atoms with van der Waals surface area (Å²) >= 11 is 1.54. The van der Waals surface area contributed by atoms with Gasteiger partial charge < -0.3 is 0 Å². The van der Waals surface area contributed by atoms with Gasteiger partial charge in [-0.25, -0.2) is 13.4 Å². The Balaban J connectivity index is 1.85. The summed E-state index contributed by atoms with van der Waals surface area (Å²) in [7, 11) is -3.06. The maximum atomic E-state index is 12.1. The van der Waals surface area contributed by atoms with E-state index in [9.17, 15) is 8.42 Å². The normalized spacial score (nSPS) is 11.7. The highest BCUT2D eigenvalue weighted by atomic mass is 32.2. The predicted octanol–water partition coefficient (Wildman–Crippen LogP) is 3.25. The fraction of sp³-hybridized carbons (Fsp3) is 0.400. The quantitative estimate of drug-likeness (QED) is 0.788. The second kappa shape index (κ2) is 6.99. The van der Waals surface area contributed by atoms with Crippen LogP contribution >= 0.6 is 11.3 Å². The highest BCUT2D eigenvalue weighted by Crippen LogP contribution is 2.14. The average Bonchev–Trinajstić information content (AvgIpc) is 2.86. The molecule has 1 aromatic carbocycles. The number of thiazole rings is 1. The van der Waals surface area contributed by atoms with E-state index in [0.717, 1.165) is 17.8 Å². The van der Waals surface area contributed by atoms with E-state index in [1.54, 1.807) is 0 Å². The Morgan fingerprint density at radius 3 is 2.60 bits per heavy atom. The summed E-state index contributed by atoms with van der Waals surface area (Å²) in [5.41, 5.74) is 1.87. The van der Waals surface area contributed by atoms with Gasteiger partial charge in [-0.3, -0.25) is 0 Å². The molecule has 0 unspecified atom stereocenters. The van der Waals surface area contributed by atoms with E-state index in [1.165, 1.54) is 16.9 Å². The van der Waals surface area contributed by atoms with Crippen LogP contribution in [0.5, 0.6) is 0 Å². The zero-order chi connectivity index (χ0) is 14.4. The molecule has 3 nitrogen and oxygen atoms in total. The maximum absolute atomic E-state index is 12.1. The van der Waals surface area contributed by atoms with E-state index >= 15 is 0 Å². The van der Waals surface area contributed by atoms with Crippen LogP contribution in [0.15, 0.2) is 35.7 Å². The molecule has 0 saturated heterocycles. The van der Waals surface area contributed by atoms with Crippen LogP contribution < -0.4 is 0 Å². The Bertz CT molecular complexity index is 633. The second-order valence-electron chi connectivity index (χ2n) is 4.77. The summed E-state index contributed by atoms with van der Waals surface area (Å²) in [6.45, 7) is 2.02. The molecule has 1 aromatic heterocycles. The van der Waals surface area contributed by atoms with Crippen LogP contribution in [0.2, 0.25) is 0 Å². The molecule has 108 valence electrons. The van der Waals surface area contributed by atoms with Gasteiger partial charge in [0.2, 0.25) is 0 Å². The molecular formula is C15H19NO2S2. The first-order chi connectivity index (χ1) is 9.59. The van der Waals surface area contributed by atoms with Gasteiger partial charge in [-0.05, 0) is 24.8 Å². The highest BCUT2D eigenvalue weighted by Gasteiger charge is 2.14. The van der Waals surface area contributed by atoms with Gasteiger partial charge in [0.15, 0.2) is 9.84 Å². The number of rotatable bonds is 7. The Morgan fingerprint density at radius 2 is 1.95 bits per heavy atom. The van der Waals surface area contributed by atoms with Crippen molar-refractivity contribution in [2.24, 2.45) is 0 Å². The smallest absolute Gasteiger partial charge is 0.156 e. The molecule has 0 N–H and O–H groups in total. The molecule has 0 atom stereocenters. The summed E-state index contributed by atoms with van der Waals surface area (Å²) in [4.78, 5) is 4.32. The van der Waals surface area contributed by atoms with Crippen molar-refractivity contribution in [1.82, 2.24) is 4.98 Å². The van der Waals surface area contributed by atoms with Gasteiger partial charge in [-0.1, -0.05) is 37.3 Å². The lowest BCUT2D eigenvalue weighted by Gasteiger charge is -2.03. The first kappa shape index (κ1) is 15.2. The molecule has 0 aliphatic rings. The van der Waals surface area contributed by atoms with Crippen LogP contribution in [0.3, 0.4) is 0 Å². The summed E-state index contributed by atoms with van der Waals surface area (Å²) < 4.78 is 24.1. The summed E-state index contributed by atoms with van der Waals surface area (Å²) in [6, 6.07) is 9.98. The van der Waals surface area contributed by atoms with Crippen molar-refractivity contribution in [2.45, 2.75) is 31.9 Å². The van der Waals surface area contributed by atoms with Crippen LogP contribution in [0.4, 0.5) is 0 Å².